The summed E-state index contributed by atoms with van der Waals surface area (Å²) in [6.45, 7) is 5.90. The normalized spacial score (nSPS) is 10.3. The van der Waals surface area contributed by atoms with E-state index >= 15 is 0 Å². The molecule has 0 atom stereocenters. The van der Waals surface area contributed by atoms with E-state index in [2.05, 4.69) is 15.6 Å². The number of rotatable bonds is 5. The lowest BCUT2D eigenvalue weighted by atomic mass is 10.1. The van der Waals surface area contributed by atoms with Gasteiger partial charge in [-0.15, -0.1) is 0 Å². The number of halogens is 1. The fourth-order valence-electron chi connectivity index (χ4n) is 2.43. The number of pyridine rings is 1. The summed E-state index contributed by atoms with van der Waals surface area (Å²) in [6, 6.07) is 5.43. The summed E-state index contributed by atoms with van der Waals surface area (Å²) in [5, 5.41) is 5.94. The first-order chi connectivity index (χ1) is 11.3. The van der Waals surface area contributed by atoms with Gasteiger partial charge in [-0.1, -0.05) is 29.3 Å². The molecule has 4 N–H and O–H groups in total. The molecule has 0 spiro atoms. The first-order valence-corrected chi connectivity index (χ1v) is 7.72. The van der Waals surface area contributed by atoms with Crippen molar-refractivity contribution in [3.8, 4) is 0 Å². The molecule has 2 rings (SSSR count). The number of primary amides is 1. The molecule has 24 heavy (non-hydrogen) atoms. The van der Waals surface area contributed by atoms with Crippen molar-refractivity contribution in [3.63, 3.8) is 0 Å². The van der Waals surface area contributed by atoms with Crippen molar-refractivity contribution in [1.29, 1.82) is 0 Å². The Morgan fingerprint density at radius 3 is 2.33 bits per heavy atom. The number of hydrogen-bond acceptors (Lipinski definition) is 4. The molecule has 0 radical (unpaired) electrons. The van der Waals surface area contributed by atoms with Crippen LogP contribution < -0.4 is 16.4 Å². The van der Waals surface area contributed by atoms with Crippen LogP contribution in [0, 0.1) is 20.8 Å². The average molecular weight is 347 g/mol. The van der Waals surface area contributed by atoms with Gasteiger partial charge in [-0.05, 0) is 38.0 Å². The quantitative estimate of drug-likeness (QED) is 0.775. The van der Waals surface area contributed by atoms with E-state index in [1.165, 1.54) is 12.3 Å². The van der Waals surface area contributed by atoms with Gasteiger partial charge in [-0.3, -0.25) is 9.59 Å². The van der Waals surface area contributed by atoms with E-state index in [4.69, 9.17) is 17.3 Å². The van der Waals surface area contributed by atoms with Gasteiger partial charge in [0.25, 0.3) is 0 Å². The standard InChI is InChI=1S/C17H19ClN4O2/c1-9-4-10(2)15(11(3)5-9)22-14(23)8-21-17-13(18)6-12(7-20-17)16(19)24/h4-7H,8H2,1-3H3,(H2,19,24)(H,20,21)(H,22,23). The minimum Gasteiger partial charge on any atom is -0.366 e. The number of nitrogens with two attached hydrogens (primary N) is 1. The molecule has 0 aliphatic rings. The number of hydrogen-bond donors (Lipinski definition) is 3. The van der Waals surface area contributed by atoms with Gasteiger partial charge in [0.15, 0.2) is 0 Å². The molecule has 2 amide bonds. The van der Waals surface area contributed by atoms with Crippen molar-refractivity contribution >= 4 is 34.9 Å². The predicted molar refractivity (Wildman–Crippen MR) is 95.5 cm³/mol. The molecule has 1 heterocycles. The Bertz CT molecular complexity index is 782. The molecule has 0 fully saturated rings. The maximum atomic E-state index is 12.1. The fraction of sp³-hybridized carbons (Fsp3) is 0.235. The molecule has 0 aliphatic heterocycles. The minimum atomic E-state index is -0.612. The molecular formula is C17H19ClN4O2. The van der Waals surface area contributed by atoms with E-state index in [0.717, 1.165) is 22.4 Å². The van der Waals surface area contributed by atoms with Gasteiger partial charge in [-0.2, -0.15) is 0 Å². The fourth-order valence-corrected chi connectivity index (χ4v) is 2.66. The zero-order chi connectivity index (χ0) is 17.9. The second-order valence-corrected chi connectivity index (χ2v) is 6.00. The van der Waals surface area contributed by atoms with Crippen LogP contribution in [0.3, 0.4) is 0 Å². The van der Waals surface area contributed by atoms with Gasteiger partial charge < -0.3 is 16.4 Å². The van der Waals surface area contributed by atoms with Crippen molar-refractivity contribution in [3.05, 3.63) is 51.7 Å². The highest BCUT2D eigenvalue weighted by Gasteiger charge is 2.11. The Hall–Kier alpha value is -2.60. The second kappa shape index (κ2) is 7.31. The first-order valence-electron chi connectivity index (χ1n) is 7.35. The van der Waals surface area contributed by atoms with E-state index in [9.17, 15) is 9.59 Å². The number of carbonyl (C=O) groups excluding carboxylic acids is 2. The van der Waals surface area contributed by atoms with Crippen molar-refractivity contribution in [2.45, 2.75) is 20.8 Å². The average Bonchev–Trinajstić information content (AvgIpc) is 2.49. The summed E-state index contributed by atoms with van der Waals surface area (Å²) >= 11 is 6.02. The third-order valence-electron chi connectivity index (χ3n) is 3.48. The molecule has 126 valence electrons. The van der Waals surface area contributed by atoms with Crippen LogP contribution in [0.4, 0.5) is 11.5 Å². The highest BCUT2D eigenvalue weighted by molar-refractivity contribution is 6.33. The van der Waals surface area contributed by atoms with Crippen molar-refractivity contribution in [2.75, 3.05) is 17.2 Å². The van der Waals surface area contributed by atoms with Gasteiger partial charge in [0.1, 0.15) is 5.82 Å². The van der Waals surface area contributed by atoms with Gasteiger partial charge in [0, 0.05) is 11.9 Å². The Balaban J connectivity index is 2.03. The van der Waals surface area contributed by atoms with E-state index < -0.39 is 5.91 Å². The molecule has 1 aromatic heterocycles. The van der Waals surface area contributed by atoms with Crippen LogP contribution in [0.5, 0.6) is 0 Å². The molecule has 7 heteroatoms. The Morgan fingerprint density at radius 1 is 1.17 bits per heavy atom. The number of carbonyl (C=O) groups is 2. The maximum Gasteiger partial charge on any atom is 0.250 e. The summed E-state index contributed by atoms with van der Waals surface area (Å²) in [4.78, 5) is 27.2. The van der Waals surface area contributed by atoms with Gasteiger partial charge in [0.2, 0.25) is 11.8 Å². The molecular weight excluding hydrogens is 328 g/mol. The Labute approximate surface area is 145 Å². The molecule has 0 saturated carbocycles. The van der Waals surface area contributed by atoms with Crippen molar-refractivity contribution in [1.82, 2.24) is 4.98 Å². The molecule has 0 aliphatic carbocycles. The van der Waals surface area contributed by atoms with Crippen LogP contribution in [-0.4, -0.2) is 23.3 Å². The molecule has 0 unspecified atom stereocenters. The van der Waals surface area contributed by atoms with Gasteiger partial charge in [0.05, 0.1) is 17.1 Å². The number of anilines is 2. The van der Waals surface area contributed by atoms with E-state index in [1.54, 1.807) is 0 Å². The van der Waals surface area contributed by atoms with Gasteiger partial charge in [-0.25, -0.2) is 4.98 Å². The zero-order valence-corrected chi connectivity index (χ0v) is 14.5. The Kier molecular flexibility index (Phi) is 5.41. The van der Waals surface area contributed by atoms with E-state index in [1.807, 2.05) is 32.9 Å². The minimum absolute atomic E-state index is 0.00457. The summed E-state index contributed by atoms with van der Waals surface area (Å²) < 4.78 is 0. The summed E-state index contributed by atoms with van der Waals surface area (Å²) in [5.74, 6) is -0.518. The second-order valence-electron chi connectivity index (χ2n) is 5.59. The van der Waals surface area contributed by atoms with Crippen LogP contribution in [0.25, 0.3) is 0 Å². The molecule has 2 aromatic rings. The maximum absolute atomic E-state index is 12.1. The first kappa shape index (κ1) is 17.7. The van der Waals surface area contributed by atoms with Crippen LogP contribution in [0.15, 0.2) is 24.4 Å². The van der Waals surface area contributed by atoms with Crippen molar-refractivity contribution < 1.29 is 9.59 Å². The smallest absolute Gasteiger partial charge is 0.250 e. The van der Waals surface area contributed by atoms with Crippen LogP contribution in [0.2, 0.25) is 5.02 Å². The lowest BCUT2D eigenvalue weighted by molar-refractivity contribution is -0.114. The largest absolute Gasteiger partial charge is 0.366 e. The molecule has 0 bridgehead atoms. The number of benzene rings is 1. The monoisotopic (exact) mass is 346 g/mol. The lowest BCUT2D eigenvalue weighted by Gasteiger charge is -2.13. The molecule has 6 nitrogen and oxygen atoms in total. The lowest BCUT2D eigenvalue weighted by Crippen LogP contribution is -2.23. The van der Waals surface area contributed by atoms with E-state index in [-0.39, 0.29) is 23.0 Å². The van der Waals surface area contributed by atoms with Crippen LogP contribution in [0.1, 0.15) is 27.0 Å². The highest BCUT2D eigenvalue weighted by atomic mass is 35.5. The molecule has 0 saturated heterocycles. The highest BCUT2D eigenvalue weighted by Crippen LogP contribution is 2.22. The van der Waals surface area contributed by atoms with Crippen LogP contribution in [-0.2, 0) is 4.79 Å². The SMILES string of the molecule is Cc1cc(C)c(NC(=O)CNc2ncc(C(N)=O)cc2Cl)c(C)c1. The number of aromatic nitrogens is 1. The number of amides is 2. The third kappa shape index (κ3) is 4.23. The third-order valence-corrected chi connectivity index (χ3v) is 3.77. The predicted octanol–water partition coefficient (Wildman–Crippen LogP) is 2.81. The van der Waals surface area contributed by atoms with Crippen LogP contribution >= 0.6 is 11.6 Å². The van der Waals surface area contributed by atoms with E-state index in [0.29, 0.717) is 5.82 Å². The number of nitrogens with one attached hydrogen (secondary N) is 2. The topological polar surface area (TPSA) is 97.1 Å². The summed E-state index contributed by atoms with van der Waals surface area (Å²) in [5.41, 5.74) is 9.32. The number of aryl methyl sites for hydroxylation is 3. The molecule has 1 aromatic carbocycles. The summed E-state index contributed by atoms with van der Waals surface area (Å²) in [7, 11) is 0. The summed E-state index contributed by atoms with van der Waals surface area (Å²) in [6.07, 6.45) is 1.31. The Morgan fingerprint density at radius 2 is 1.79 bits per heavy atom. The van der Waals surface area contributed by atoms with Crippen molar-refractivity contribution in [2.24, 2.45) is 5.73 Å². The van der Waals surface area contributed by atoms with Gasteiger partial charge >= 0.3 is 0 Å². The zero-order valence-electron chi connectivity index (χ0n) is 13.7. The number of nitrogens with zero attached hydrogens (tertiary/aromatic N) is 1.